The molecule has 0 bridgehead atoms. The molecule has 0 saturated carbocycles. The molecule has 4 heterocycles. The van der Waals surface area contributed by atoms with Gasteiger partial charge < -0.3 is 9.88 Å². The fourth-order valence-corrected chi connectivity index (χ4v) is 4.01. The highest BCUT2D eigenvalue weighted by atomic mass is 32.1. The van der Waals surface area contributed by atoms with E-state index in [0.717, 1.165) is 39.9 Å². The minimum absolute atomic E-state index is 0.134. The molecule has 0 unspecified atom stereocenters. The number of amides is 2. The maximum absolute atomic E-state index is 12.7. The fraction of sp³-hybridized carbons (Fsp3) is 0.421. The van der Waals surface area contributed by atoms with Gasteiger partial charge in [-0.1, -0.05) is 32.1 Å². The molecule has 9 heteroatoms. The summed E-state index contributed by atoms with van der Waals surface area (Å²) >= 11 is 1.43. The number of hydrogen-bond donors (Lipinski definition) is 2. The number of rotatable bonds is 2. The molecular weight excluding hydrogens is 374 g/mol. The van der Waals surface area contributed by atoms with Crippen LogP contribution in [0.3, 0.4) is 0 Å². The molecule has 2 N–H and O–H groups in total. The highest BCUT2D eigenvalue weighted by molar-refractivity contribution is 7.19. The summed E-state index contributed by atoms with van der Waals surface area (Å²) < 4.78 is 0. The predicted molar refractivity (Wildman–Crippen MR) is 108 cm³/mol. The largest absolute Gasteiger partial charge is 0.348 e. The molecule has 0 spiro atoms. The van der Waals surface area contributed by atoms with Crippen LogP contribution in [0, 0.1) is 6.92 Å². The van der Waals surface area contributed by atoms with Gasteiger partial charge in [-0.2, -0.15) is 0 Å². The fourth-order valence-electron chi connectivity index (χ4n) is 3.09. The average Bonchev–Trinajstić information content (AvgIpc) is 3.26. The number of H-pyrrole nitrogens is 1. The number of nitrogens with one attached hydrogen (secondary N) is 2. The number of hydrogen-bond acceptors (Lipinski definition) is 6. The summed E-state index contributed by atoms with van der Waals surface area (Å²) in [6.45, 7) is 9.33. The van der Waals surface area contributed by atoms with Crippen molar-refractivity contribution in [2.75, 3.05) is 11.9 Å². The average molecular weight is 398 g/mol. The van der Waals surface area contributed by atoms with Crippen LogP contribution in [0.4, 0.5) is 9.93 Å². The molecule has 0 atom stereocenters. The Morgan fingerprint density at radius 2 is 2.11 bits per heavy atom. The van der Waals surface area contributed by atoms with E-state index in [9.17, 15) is 4.79 Å². The molecule has 1 aliphatic heterocycles. The summed E-state index contributed by atoms with van der Waals surface area (Å²) in [5.41, 5.74) is 3.56. The van der Waals surface area contributed by atoms with E-state index >= 15 is 0 Å². The number of carbonyl (C=O) groups excluding carboxylic acids is 1. The highest BCUT2D eigenvalue weighted by Gasteiger charge is 2.24. The number of anilines is 1. The first-order valence-electron chi connectivity index (χ1n) is 9.19. The van der Waals surface area contributed by atoms with Gasteiger partial charge in [-0.3, -0.25) is 5.32 Å². The maximum Gasteiger partial charge on any atom is 0.324 e. The first-order chi connectivity index (χ1) is 13.3. The van der Waals surface area contributed by atoms with Crippen LogP contribution in [-0.2, 0) is 18.4 Å². The van der Waals surface area contributed by atoms with Gasteiger partial charge in [0.15, 0.2) is 5.13 Å². The Balaban J connectivity index is 1.51. The summed E-state index contributed by atoms with van der Waals surface area (Å²) in [6.07, 6.45) is 4.23. The number of urea groups is 1. The lowest BCUT2D eigenvalue weighted by atomic mass is 9.95. The Labute approximate surface area is 167 Å². The van der Waals surface area contributed by atoms with Crippen LogP contribution in [0.15, 0.2) is 18.6 Å². The molecule has 2 amide bonds. The van der Waals surface area contributed by atoms with Crippen LogP contribution in [-0.4, -0.2) is 42.4 Å². The molecule has 0 radical (unpaired) electrons. The topological polar surface area (TPSA) is 99.7 Å². The van der Waals surface area contributed by atoms with Gasteiger partial charge in [-0.15, -0.1) is 0 Å². The van der Waals surface area contributed by atoms with E-state index in [1.54, 1.807) is 17.4 Å². The highest BCUT2D eigenvalue weighted by Crippen LogP contribution is 2.32. The van der Waals surface area contributed by atoms with Crippen molar-refractivity contribution in [3.8, 4) is 10.6 Å². The number of imidazole rings is 1. The number of nitrogens with zero attached hydrogens (tertiary/aromatic N) is 5. The lowest BCUT2D eigenvalue weighted by Gasteiger charge is -2.25. The zero-order chi connectivity index (χ0) is 19.9. The van der Waals surface area contributed by atoms with Crippen molar-refractivity contribution in [2.24, 2.45) is 0 Å². The Bertz CT molecular complexity index is 1020. The summed E-state index contributed by atoms with van der Waals surface area (Å²) in [4.78, 5) is 36.4. The molecule has 0 aromatic carbocycles. The molecule has 1 aliphatic rings. The molecule has 8 nitrogen and oxygen atoms in total. The lowest BCUT2D eigenvalue weighted by molar-refractivity contribution is 0.205. The summed E-state index contributed by atoms with van der Waals surface area (Å²) in [6, 6.07) is 1.72. The van der Waals surface area contributed by atoms with Crippen molar-refractivity contribution in [1.29, 1.82) is 0 Å². The van der Waals surface area contributed by atoms with Crippen molar-refractivity contribution < 1.29 is 4.79 Å². The van der Waals surface area contributed by atoms with Crippen LogP contribution in [0.1, 0.15) is 43.7 Å². The summed E-state index contributed by atoms with van der Waals surface area (Å²) in [5, 5.41) is 3.49. The number of carbonyl (C=O) groups is 1. The number of aryl methyl sites for hydroxylation is 1. The van der Waals surface area contributed by atoms with E-state index in [4.69, 9.17) is 4.98 Å². The first-order valence-corrected chi connectivity index (χ1v) is 10.0. The molecule has 0 fully saturated rings. The van der Waals surface area contributed by atoms with Gasteiger partial charge in [0.25, 0.3) is 0 Å². The molecular formula is C19H23N7OS. The van der Waals surface area contributed by atoms with E-state index in [-0.39, 0.29) is 11.4 Å². The van der Waals surface area contributed by atoms with Crippen molar-refractivity contribution in [3.63, 3.8) is 0 Å². The van der Waals surface area contributed by atoms with Crippen LogP contribution in [0.2, 0.25) is 0 Å². The van der Waals surface area contributed by atoms with E-state index in [1.807, 2.05) is 13.0 Å². The number of fused-ring (bicyclic) bond motifs is 1. The van der Waals surface area contributed by atoms with Crippen molar-refractivity contribution in [2.45, 2.75) is 46.1 Å². The van der Waals surface area contributed by atoms with Gasteiger partial charge in [0.2, 0.25) is 0 Å². The monoisotopic (exact) mass is 397 g/mol. The SMILES string of the molecule is Cc1nc(NC(=O)N2CCc3[nH]cnc3C2)sc1-c1ccnc(C(C)(C)C)n1. The third-order valence-corrected chi connectivity index (χ3v) is 5.73. The van der Waals surface area contributed by atoms with E-state index in [2.05, 4.69) is 46.0 Å². The van der Waals surface area contributed by atoms with Crippen molar-refractivity contribution in [3.05, 3.63) is 41.5 Å². The minimum Gasteiger partial charge on any atom is -0.348 e. The van der Waals surface area contributed by atoms with Crippen LogP contribution >= 0.6 is 11.3 Å². The Morgan fingerprint density at radius 3 is 2.89 bits per heavy atom. The third kappa shape index (κ3) is 3.62. The van der Waals surface area contributed by atoms with Gasteiger partial charge in [-0.25, -0.2) is 24.7 Å². The second-order valence-electron chi connectivity index (χ2n) is 7.88. The normalized spacial score (nSPS) is 14.1. The van der Waals surface area contributed by atoms with Gasteiger partial charge in [0.05, 0.1) is 34.8 Å². The van der Waals surface area contributed by atoms with Gasteiger partial charge >= 0.3 is 6.03 Å². The smallest absolute Gasteiger partial charge is 0.324 e. The number of aromatic nitrogens is 5. The lowest BCUT2D eigenvalue weighted by Crippen LogP contribution is -2.38. The molecule has 146 valence electrons. The summed E-state index contributed by atoms with van der Waals surface area (Å²) in [7, 11) is 0. The van der Waals surface area contributed by atoms with Crippen LogP contribution in [0.25, 0.3) is 10.6 Å². The van der Waals surface area contributed by atoms with E-state index in [1.165, 1.54) is 11.3 Å². The second-order valence-corrected chi connectivity index (χ2v) is 8.88. The Kier molecular flexibility index (Phi) is 4.62. The van der Waals surface area contributed by atoms with Crippen LogP contribution < -0.4 is 5.32 Å². The van der Waals surface area contributed by atoms with Gasteiger partial charge in [-0.05, 0) is 13.0 Å². The Morgan fingerprint density at radius 1 is 1.29 bits per heavy atom. The quantitative estimate of drug-likeness (QED) is 0.689. The predicted octanol–water partition coefficient (Wildman–Crippen LogP) is 3.52. The molecule has 0 aliphatic carbocycles. The molecule has 3 aromatic rings. The number of thiazole rings is 1. The summed E-state index contributed by atoms with van der Waals surface area (Å²) in [5.74, 6) is 0.784. The van der Waals surface area contributed by atoms with Gasteiger partial charge in [0, 0.05) is 30.3 Å². The third-order valence-electron chi connectivity index (χ3n) is 4.64. The van der Waals surface area contributed by atoms with Crippen LogP contribution in [0.5, 0.6) is 0 Å². The van der Waals surface area contributed by atoms with E-state index in [0.29, 0.717) is 18.2 Å². The number of aromatic amines is 1. The second kappa shape index (κ2) is 6.97. The van der Waals surface area contributed by atoms with Crippen molar-refractivity contribution in [1.82, 2.24) is 29.8 Å². The minimum atomic E-state index is -0.160. The standard InChI is InChI=1S/C19H23N7OS/c1-11-15(13-5-7-20-16(24-13)19(2,3)4)28-17(23-11)25-18(27)26-8-6-12-14(9-26)22-10-21-12/h5,7,10H,6,8-9H2,1-4H3,(H,21,22)(H,23,25,27). The zero-order valence-corrected chi connectivity index (χ0v) is 17.2. The molecule has 4 rings (SSSR count). The Hall–Kier alpha value is -2.81. The molecule has 28 heavy (non-hydrogen) atoms. The molecule has 3 aromatic heterocycles. The van der Waals surface area contributed by atoms with E-state index < -0.39 is 0 Å². The first kappa shape index (κ1) is 18.5. The van der Waals surface area contributed by atoms with Crippen molar-refractivity contribution >= 4 is 22.5 Å². The molecule has 0 saturated heterocycles. The maximum atomic E-state index is 12.7. The zero-order valence-electron chi connectivity index (χ0n) is 16.4. The van der Waals surface area contributed by atoms with Gasteiger partial charge in [0.1, 0.15) is 5.82 Å².